The summed E-state index contributed by atoms with van der Waals surface area (Å²) in [6, 6.07) is 4.83. The summed E-state index contributed by atoms with van der Waals surface area (Å²) in [6.07, 6.45) is 2.81. The third kappa shape index (κ3) is 3.44. The van der Waals surface area contributed by atoms with E-state index in [4.69, 9.17) is 27.9 Å². The molecule has 1 aliphatic carbocycles. The molecule has 0 amide bonds. The van der Waals surface area contributed by atoms with E-state index < -0.39 is 32.3 Å². The summed E-state index contributed by atoms with van der Waals surface area (Å²) >= 11 is 11.9. The molecule has 1 aromatic rings. The zero-order valence-electron chi connectivity index (χ0n) is 14.4. The number of carbonyl (C=O) groups is 2. The van der Waals surface area contributed by atoms with Crippen molar-refractivity contribution in [3.05, 3.63) is 29.3 Å². The first kappa shape index (κ1) is 19.5. The zero-order valence-corrected chi connectivity index (χ0v) is 16.7. The molecule has 6 nitrogen and oxygen atoms in total. The number of fused-ring (bicyclic) bond motifs is 1. The fourth-order valence-corrected chi connectivity index (χ4v) is 4.76. The number of esters is 1. The van der Waals surface area contributed by atoms with Gasteiger partial charge in [-0.2, -0.15) is 0 Å². The highest BCUT2D eigenvalue weighted by atomic mass is 35.5. The van der Waals surface area contributed by atoms with E-state index in [1.54, 1.807) is 25.1 Å². The van der Waals surface area contributed by atoms with E-state index in [0.29, 0.717) is 30.6 Å². The predicted octanol–water partition coefficient (Wildman–Crippen LogP) is 2.71. The van der Waals surface area contributed by atoms with Crippen molar-refractivity contribution in [1.29, 1.82) is 0 Å². The van der Waals surface area contributed by atoms with Crippen LogP contribution in [-0.4, -0.2) is 43.9 Å². The standard InChI is InChI=1S/C17H19Cl2NO5S/c1-16(10-17(16,18)19)15(22)25-9-14(21)12-5-6-13-11(8-12)4-3-7-20(13)26(2,23)24/h5-6,8H,3-4,7,9-10H2,1-2H3. The molecule has 142 valence electrons. The minimum Gasteiger partial charge on any atom is -0.457 e. The molecule has 1 unspecified atom stereocenters. The van der Waals surface area contributed by atoms with Crippen LogP contribution in [0.1, 0.15) is 35.7 Å². The van der Waals surface area contributed by atoms with Crippen molar-refractivity contribution in [2.75, 3.05) is 23.7 Å². The van der Waals surface area contributed by atoms with Gasteiger partial charge in [-0.15, -0.1) is 23.2 Å². The van der Waals surface area contributed by atoms with Crippen LogP contribution >= 0.6 is 23.2 Å². The largest absolute Gasteiger partial charge is 0.457 e. The van der Waals surface area contributed by atoms with E-state index in [9.17, 15) is 18.0 Å². The Morgan fingerprint density at radius 3 is 2.54 bits per heavy atom. The summed E-state index contributed by atoms with van der Waals surface area (Å²) in [6.45, 7) is 1.61. The van der Waals surface area contributed by atoms with Crippen molar-refractivity contribution in [2.24, 2.45) is 5.41 Å². The van der Waals surface area contributed by atoms with Gasteiger partial charge in [0.1, 0.15) is 9.75 Å². The number of aryl methyl sites for hydroxylation is 1. The van der Waals surface area contributed by atoms with E-state index in [1.165, 1.54) is 4.31 Å². The summed E-state index contributed by atoms with van der Waals surface area (Å²) in [5.74, 6) is -0.964. The van der Waals surface area contributed by atoms with Crippen LogP contribution < -0.4 is 4.31 Å². The molecule has 3 rings (SSSR count). The number of ether oxygens (including phenoxy) is 1. The van der Waals surface area contributed by atoms with Gasteiger partial charge in [0.05, 0.1) is 11.9 Å². The minimum atomic E-state index is -3.36. The van der Waals surface area contributed by atoms with Crippen molar-refractivity contribution in [2.45, 2.75) is 30.5 Å². The summed E-state index contributed by atoms with van der Waals surface area (Å²) in [4.78, 5) is 24.4. The Bertz CT molecular complexity index is 883. The fourth-order valence-electron chi connectivity index (χ4n) is 3.08. The van der Waals surface area contributed by atoms with Gasteiger partial charge in [-0.05, 0) is 43.5 Å². The maximum atomic E-state index is 12.3. The monoisotopic (exact) mass is 419 g/mol. The van der Waals surface area contributed by atoms with Crippen LogP contribution in [0.15, 0.2) is 18.2 Å². The van der Waals surface area contributed by atoms with Gasteiger partial charge >= 0.3 is 5.97 Å². The molecule has 1 saturated carbocycles. The first-order valence-corrected chi connectivity index (χ1v) is 10.7. The number of hydrogen-bond acceptors (Lipinski definition) is 5. The van der Waals surface area contributed by atoms with Crippen LogP contribution in [0.5, 0.6) is 0 Å². The van der Waals surface area contributed by atoms with Crippen LogP contribution in [0.4, 0.5) is 5.69 Å². The van der Waals surface area contributed by atoms with E-state index in [2.05, 4.69) is 0 Å². The van der Waals surface area contributed by atoms with Gasteiger partial charge < -0.3 is 4.74 Å². The fraction of sp³-hybridized carbons (Fsp3) is 0.529. The van der Waals surface area contributed by atoms with Crippen molar-refractivity contribution in [3.8, 4) is 0 Å². The van der Waals surface area contributed by atoms with Crippen LogP contribution in [0.25, 0.3) is 0 Å². The molecule has 0 radical (unpaired) electrons. The van der Waals surface area contributed by atoms with E-state index >= 15 is 0 Å². The lowest BCUT2D eigenvalue weighted by Crippen LogP contribution is -2.34. The molecule has 1 atom stereocenters. The van der Waals surface area contributed by atoms with Gasteiger partial charge in [-0.3, -0.25) is 13.9 Å². The molecule has 2 aliphatic rings. The molecule has 1 aromatic carbocycles. The molecule has 0 bridgehead atoms. The lowest BCUT2D eigenvalue weighted by molar-refractivity contribution is -0.148. The Balaban J connectivity index is 1.71. The molecular weight excluding hydrogens is 401 g/mol. The van der Waals surface area contributed by atoms with Crippen molar-refractivity contribution >= 4 is 50.7 Å². The number of alkyl halides is 2. The molecule has 0 spiro atoms. The summed E-state index contributed by atoms with van der Waals surface area (Å²) in [5.41, 5.74) is 0.763. The van der Waals surface area contributed by atoms with Gasteiger partial charge in [0.15, 0.2) is 12.4 Å². The van der Waals surface area contributed by atoms with Gasteiger partial charge in [0, 0.05) is 18.5 Å². The highest BCUT2D eigenvalue weighted by Gasteiger charge is 2.69. The van der Waals surface area contributed by atoms with Gasteiger partial charge in [-0.1, -0.05) is 0 Å². The molecule has 1 heterocycles. The first-order valence-electron chi connectivity index (χ1n) is 8.15. The number of benzene rings is 1. The van der Waals surface area contributed by atoms with E-state index in [-0.39, 0.29) is 12.2 Å². The molecular formula is C17H19Cl2NO5S. The molecule has 0 aromatic heterocycles. The van der Waals surface area contributed by atoms with Crippen LogP contribution in [0.2, 0.25) is 0 Å². The quantitative estimate of drug-likeness (QED) is 0.416. The number of halogens is 2. The summed E-state index contributed by atoms with van der Waals surface area (Å²) in [7, 11) is -3.36. The normalized spacial score (nSPS) is 23.9. The second kappa shape index (κ2) is 6.39. The molecule has 9 heteroatoms. The number of Topliss-reactive ketones (excluding diaryl/α,β-unsaturated/α-hetero) is 1. The molecule has 1 aliphatic heterocycles. The minimum absolute atomic E-state index is 0.288. The third-order valence-corrected chi connectivity index (χ3v) is 7.20. The highest BCUT2D eigenvalue weighted by Crippen LogP contribution is 2.64. The Morgan fingerprint density at radius 1 is 1.31 bits per heavy atom. The van der Waals surface area contributed by atoms with Crippen molar-refractivity contribution < 1.29 is 22.7 Å². The molecule has 26 heavy (non-hydrogen) atoms. The number of sulfonamides is 1. The van der Waals surface area contributed by atoms with E-state index in [0.717, 1.165) is 11.8 Å². The second-order valence-corrected chi connectivity index (χ2v) is 10.4. The summed E-state index contributed by atoms with van der Waals surface area (Å²) in [5, 5.41) is 0. The lowest BCUT2D eigenvalue weighted by Gasteiger charge is -2.29. The number of carbonyl (C=O) groups excluding carboxylic acids is 2. The van der Waals surface area contributed by atoms with Crippen molar-refractivity contribution in [3.63, 3.8) is 0 Å². The number of nitrogens with zero attached hydrogens (tertiary/aromatic N) is 1. The number of ketones is 1. The maximum Gasteiger partial charge on any atom is 0.315 e. The summed E-state index contributed by atoms with van der Waals surface area (Å²) < 4.78 is 29.0. The average Bonchev–Trinajstić information content (AvgIpc) is 3.09. The van der Waals surface area contributed by atoms with Gasteiger partial charge in [0.25, 0.3) is 0 Å². The molecule has 0 N–H and O–H groups in total. The lowest BCUT2D eigenvalue weighted by atomic mass is 9.99. The average molecular weight is 420 g/mol. The Morgan fingerprint density at radius 2 is 1.96 bits per heavy atom. The number of rotatable bonds is 5. The Hall–Kier alpha value is -1.31. The Kier molecular flexibility index (Phi) is 4.78. The highest BCUT2D eigenvalue weighted by molar-refractivity contribution is 7.92. The zero-order chi connectivity index (χ0) is 19.3. The molecule has 1 fully saturated rings. The first-order chi connectivity index (χ1) is 12.0. The van der Waals surface area contributed by atoms with Crippen LogP contribution in [0, 0.1) is 5.41 Å². The smallest absolute Gasteiger partial charge is 0.315 e. The van der Waals surface area contributed by atoms with Crippen LogP contribution in [0.3, 0.4) is 0 Å². The van der Waals surface area contributed by atoms with Crippen molar-refractivity contribution in [1.82, 2.24) is 0 Å². The third-order valence-electron chi connectivity index (χ3n) is 4.92. The topological polar surface area (TPSA) is 80.8 Å². The van der Waals surface area contributed by atoms with Crippen LogP contribution in [-0.2, 0) is 26.0 Å². The van der Waals surface area contributed by atoms with Gasteiger partial charge in [0.2, 0.25) is 10.0 Å². The second-order valence-electron chi connectivity index (χ2n) is 6.99. The number of hydrogen-bond donors (Lipinski definition) is 0. The Labute approximate surface area is 162 Å². The van der Waals surface area contributed by atoms with Gasteiger partial charge in [-0.25, -0.2) is 8.42 Å². The number of anilines is 1. The molecule has 0 saturated heterocycles. The predicted molar refractivity (Wildman–Crippen MR) is 99.4 cm³/mol. The van der Waals surface area contributed by atoms with E-state index in [1.807, 2.05) is 0 Å². The SMILES string of the molecule is CC1(C(=O)OCC(=O)c2ccc3c(c2)CCCN3S(C)(=O)=O)CC1(Cl)Cl. The maximum absolute atomic E-state index is 12.3.